The second-order valence-corrected chi connectivity index (χ2v) is 7.76. The van der Waals surface area contributed by atoms with Crippen molar-refractivity contribution in [1.82, 2.24) is 14.4 Å². The molecule has 31 heavy (non-hydrogen) atoms. The highest BCUT2D eigenvalue weighted by atomic mass is 35.5. The molecule has 0 unspecified atom stereocenters. The largest absolute Gasteiger partial charge is 0.353 e. The van der Waals surface area contributed by atoms with E-state index in [1.807, 2.05) is 60.3 Å². The summed E-state index contributed by atoms with van der Waals surface area (Å²) in [4.78, 5) is 29.6. The summed E-state index contributed by atoms with van der Waals surface area (Å²) in [5.41, 5.74) is 2.53. The van der Waals surface area contributed by atoms with Crippen LogP contribution in [0.5, 0.6) is 0 Å². The van der Waals surface area contributed by atoms with Gasteiger partial charge in [0.05, 0.1) is 6.54 Å². The van der Waals surface area contributed by atoms with E-state index in [4.69, 9.17) is 11.6 Å². The molecule has 0 radical (unpaired) electrons. The highest BCUT2D eigenvalue weighted by Crippen LogP contribution is 2.14. The summed E-state index contributed by atoms with van der Waals surface area (Å²) in [5, 5.41) is 0.555. The zero-order valence-corrected chi connectivity index (χ0v) is 18.3. The molecule has 2 aromatic carbocycles. The first-order chi connectivity index (χ1) is 15.0. The summed E-state index contributed by atoms with van der Waals surface area (Å²) in [6.07, 6.45) is 3.58. The summed E-state index contributed by atoms with van der Waals surface area (Å²) < 4.78 is 1.99. The molecule has 0 bridgehead atoms. The van der Waals surface area contributed by atoms with Crippen LogP contribution in [0.4, 0.5) is 0 Å². The van der Waals surface area contributed by atoms with E-state index in [1.165, 1.54) is 4.90 Å². The number of benzene rings is 2. The van der Waals surface area contributed by atoms with Gasteiger partial charge in [-0.3, -0.25) is 9.59 Å². The Bertz CT molecular complexity index is 1030. The third-order valence-electron chi connectivity index (χ3n) is 5.03. The van der Waals surface area contributed by atoms with Crippen LogP contribution in [0.1, 0.15) is 21.6 Å². The van der Waals surface area contributed by atoms with Gasteiger partial charge in [0.2, 0.25) is 5.91 Å². The lowest BCUT2D eigenvalue weighted by molar-refractivity contribution is -0.133. The average molecular weight is 436 g/mol. The highest BCUT2D eigenvalue weighted by Gasteiger charge is 2.22. The van der Waals surface area contributed by atoms with Gasteiger partial charge >= 0.3 is 0 Å². The van der Waals surface area contributed by atoms with Crippen LogP contribution in [-0.2, 0) is 24.9 Å². The fraction of sp³-hybridized carbons (Fsp3) is 0.200. The molecule has 0 fully saturated rings. The molecule has 3 rings (SSSR count). The van der Waals surface area contributed by atoms with Crippen molar-refractivity contribution < 1.29 is 9.59 Å². The number of aromatic nitrogens is 1. The van der Waals surface area contributed by atoms with Crippen LogP contribution in [0.25, 0.3) is 0 Å². The SMILES string of the molecule is C=CCN(CC(=O)N(Cc1ccccc1)Cc1cccn1C)C(=O)c1ccc(Cl)cc1. The van der Waals surface area contributed by atoms with Gasteiger partial charge in [0.1, 0.15) is 6.54 Å². The summed E-state index contributed by atoms with van der Waals surface area (Å²) in [5.74, 6) is -0.363. The monoisotopic (exact) mass is 435 g/mol. The molecule has 0 saturated heterocycles. The van der Waals surface area contributed by atoms with Crippen molar-refractivity contribution in [3.8, 4) is 0 Å². The predicted octanol–water partition coefficient (Wildman–Crippen LogP) is 4.54. The van der Waals surface area contributed by atoms with Gasteiger partial charge in [0.15, 0.2) is 0 Å². The topological polar surface area (TPSA) is 45.6 Å². The fourth-order valence-corrected chi connectivity index (χ4v) is 3.43. The van der Waals surface area contributed by atoms with Crippen molar-refractivity contribution in [2.24, 2.45) is 7.05 Å². The molecule has 0 spiro atoms. The van der Waals surface area contributed by atoms with Crippen molar-refractivity contribution in [3.63, 3.8) is 0 Å². The number of carbonyl (C=O) groups is 2. The Morgan fingerprint density at radius 3 is 2.29 bits per heavy atom. The first-order valence-electron chi connectivity index (χ1n) is 10.1. The molecule has 160 valence electrons. The van der Waals surface area contributed by atoms with E-state index in [2.05, 4.69) is 6.58 Å². The number of rotatable bonds is 9. The van der Waals surface area contributed by atoms with Gasteiger partial charge in [-0.05, 0) is 42.0 Å². The molecule has 1 heterocycles. The first kappa shape index (κ1) is 22.4. The number of carbonyl (C=O) groups excluding carboxylic acids is 2. The third kappa shape index (κ3) is 6.09. The van der Waals surface area contributed by atoms with Crippen molar-refractivity contribution in [2.45, 2.75) is 13.1 Å². The Balaban J connectivity index is 1.80. The van der Waals surface area contributed by atoms with Crippen molar-refractivity contribution in [2.75, 3.05) is 13.1 Å². The quantitative estimate of drug-likeness (QED) is 0.463. The summed E-state index contributed by atoms with van der Waals surface area (Å²) in [6, 6.07) is 20.4. The van der Waals surface area contributed by atoms with Crippen LogP contribution in [0.3, 0.4) is 0 Å². The van der Waals surface area contributed by atoms with Crippen molar-refractivity contribution in [1.29, 1.82) is 0 Å². The Morgan fingerprint density at radius 2 is 1.68 bits per heavy atom. The summed E-state index contributed by atoms with van der Waals surface area (Å²) in [7, 11) is 1.95. The number of hydrogen-bond donors (Lipinski definition) is 0. The molecular weight excluding hydrogens is 410 g/mol. The van der Waals surface area contributed by atoms with E-state index < -0.39 is 0 Å². The molecule has 5 nitrogen and oxygen atoms in total. The normalized spacial score (nSPS) is 10.5. The molecule has 1 aromatic heterocycles. The van der Waals surface area contributed by atoms with Crippen molar-refractivity contribution >= 4 is 23.4 Å². The standard InChI is InChI=1S/C25H26ClN3O2/c1-3-15-28(25(31)21-11-13-22(26)14-12-21)19-24(30)29(17-20-8-5-4-6-9-20)18-23-10-7-16-27(23)2/h3-14,16H,1,15,17-19H2,2H3. The Labute approximate surface area is 188 Å². The molecule has 0 aliphatic heterocycles. The fourth-order valence-electron chi connectivity index (χ4n) is 3.31. The molecule has 3 aromatic rings. The van der Waals surface area contributed by atoms with Gasteiger partial charge in [-0.1, -0.05) is 48.0 Å². The number of halogens is 1. The zero-order valence-electron chi connectivity index (χ0n) is 17.6. The number of hydrogen-bond acceptors (Lipinski definition) is 2. The minimum atomic E-state index is -0.233. The third-order valence-corrected chi connectivity index (χ3v) is 5.28. The van der Waals surface area contributed by atoms with E-state index in [-0.39, 0.29) is 24.9 Å². The maximum Gasteiger partial charge on any atom is 0.254 e. The first-order valence-corrected chi connectivity index (χ1v) is 10.4. The molecular formula is C25H26ClN3O2. The number of aryl methyl sites for hydroxylation is 1. The van der Waals surface area contributed by atoms with Crippen LogP contribution < -0.4 is 0 Å². The second-order valence-electron chi connectivity index (χ2n) is 7.33. The minimum absolute atomic E-state index is 0.0370. The van der Waals surface area contributed by atoms with Gasteiger partial charge in [-0.25, -0.2) is 0 Å². The minimum Gasteiger partial charge on any atom is -0.353 e. The average Bonchev–Trinajstić information content (AvgIpc) is 3.18. The number of nitrogens with zero attached hydrogens (tertiary/aromatic N) is 3. The molecule has 0 atom stereocenters. The van der Waals surface area contributed by atoms with Crippen LogP contribution in [0, 0.1) is 0 Å². The van der Waals surface area contributed by atoms with Crippen molar-refractivity contribution in [3.05, 3.63) is 107 Å². The Morgan fingerprint density at radius 1 is 0.968 bits per heavy atom. The van der Waals surface area contributed by atoms with Gasteiger partial charge < -0.3 is 14.4 Å². The Hall–Kier alpha value is -3.31. The maximum atomic E-state index is 13.3. The summed E-state index contributed by atoms with van der Waals surface area (Å²) in [6.45, 7) is 4.89. The van der Waals surface area contributed by atoms with E-state index in [1.54, 1.807) is 35.2 Å². The van der Waals surface area contributed by atoms with Crippen LogP contribution in [0.15, 0.2) is 85.6 Å². The molecule has 6 heteroatoms. The summed E-state index contributed by atoms with van der Waals surface area (Å²) >= 11 is 5.94. The van der Waals surface area contributed by atoms with E-state index >= 15 is 0 Å². The maximum absolute atomic E-state index is 13.3. The molecule has 2 amide bonds. The van der Waals surface area contributed by atoms with E-state index in [9.17, 15) is 9.59 Å². The lowest BCUT2D eigenvalue weighted by Gasteiger charge is -2.27. The lowest BCUT2D eigenvalue weighted by atomic mass is 10.2. The van der Waals surface area contributed by atoms with Gasteiger partial charge in [-0.2, -0.15) is 0 Å². The Kier molecular flexibility index (Phi) is 7.68. The second kappa shape index (κ2) is 10.6. The smallest absolute Gasteiger partial charge is 0.254 e. The molecule has 0 aliphatic rings. The van der Waals surface area contributed by atoms with E-state index in [0.717, 1.165) is 11.3 Å². The predicted molar refractivity (Wildman–Crippen MR) is 124 cm³/mol. The highest BCUT2D eigenvalue weighted by molar-refractivity contribution is 6.30. The van der Waals surface area contributed by atoms with Gasteiger partial charge in [0.25, 0.3) is 5.91 Å². The van der Waals surface area contributed by atoms with Crippen LogP contribution in [-0.4, -0.2) is 39.3 Å². The zero-order chi connectivity index (χ0) is 22.2. The van der Waals surface area contributed by atoms with Crippen LogP contribution in [0.2, 0.25) is 5.02 Å². The molecule has 0 aliphatic carbocycles. The van der Waals surface area contributed by atoms with Gasteiger partial charge in [-0.15, -0.1) is 6.58 Å². The molecule has 0 saturated carbocycles. The van der Waals surface area contributed by atoms with E-state index in [0.29, 0.717) is 23.7 Å². The lowest BCUT2D eigenvalue weighted by Crippen LogP contribution is -2.42. The molecule has 0 N–H and O–H groups in total. The number of amides is 2. The van der Waals surface area contributed by atoms with Crippen LogP contribution >= 0.6 is 11.6 Å². The van der Waals surface area contributed by atoms with Gasteiger partial charge in [0, 0.05) is 42.6 Å².